The summed E-state index contributed by atoms with van der Waals surface area (Å²) in [5.41, 5.74) is 9.53. The largest absolute Gasteiger partial charge is 0.343 e. The lowest BCUT2D eigenvalue weighted by Crippen LogP contribution is -2.02. The van der Waals surface area contributed by atoms with Crippen molar-refractivity contribution in [2.45, 2.75) is 26.4 Å². The molecule has 0 saturated heterocycles. The van der Waals surface area contributed by atoms with Crippen molar-refractivity contribution in [3.05, 3.63) is 54.0 Å². The lowest BCUT2D eigenvalue weighted by atomic mass is 10.1. The van der Waals surface area contributed by atoms with E-state index in [9.17, 15) is 0 Å². The number of fused-ring (bicyclic) bond motifs is 1. The van der Waals surface area contributed by atoms with Crippen LogP contribution in [0, 0.1) is 0 Å². The van der Waals surface area contributed by atoms with Gasteiger partial charge in [0.1, 0.15) is 0 Å². The minimum Gasteiger partial charge on any atom is -0.343 e. The van der Waals surface area contributed by atoms with E-state index in [4.69, 9.17) is 5.73 Å². The predicted molar refractivity (Wildman–Crippen MR) is 81.7 cm³/mol. The molecular weight excluding hydrogens is 248 g/mol. The summed E-state index contributed by atoms with van der Waals surface area (Å²) in [5, 5.41) is 5.64. The minimum absolute atomic E-state index is 0.682. The van der Waals surface area contributed by atoms with Gasteiger partial charge in [-0.05, 0) is 31.5 Å². The smallest absolute Gasteiger partial charge is 0.0539 e. The van der Waals surface area contributed by atoms with E-state index >= 15 is 0 Å². The molecule has 0 atom stereocenters. The number of aryl methyl sites for hydroxylation is 1. The molecule has 0 radical (unpaired) electrons. The molecule has 0 amide bonds. The Morgan fingerprint density at radius 1 is 1.20 bits per heavy atom. The molecule has 1 aromatic carbocycles. The second-order valence-electron chi connectivity index (χ2n) is 5.04. The van der Waals surface area contributed by atoms with Gasteiger partial charge in [-0.3, -0.25) is 4.68 Å². The fraction of sp³-hybridized carbons (Fsp3) is 0.312. The van der Waals surface area contributed by atoms with E-state index in [1.54, 1.807) is 0 Å². The first-order valence-corrected chi connectivity index (χ1v) is 7.10. The Bertz CT molecular complexity index is 708. The van der Waals surface area contributed by atoms with Crippen molar-refractivity contribution >= 4 is 10.9 Å². The van der Waals surface area contributed by atoms with E-state index in [2.05, 4.69) is 53.2 Å². The molecule has 0 fully saturated rings. The zero-order valence-electron chi connectivity index (χ0n) is 11.8. The highest BCUT2D eigenvalue weighted by atomic mass is 15.3. The van der Waals surface area contributed by atoms with Crippen molar-refractivity contribution in [2.75, 3.05) is 6.54 Å². The van der Waals surface area contributed by atoms with E-state index in [1.165, 1.54) is 22.0 Å². The van der Waals surface area contributed by atoms with Crippen LogP contribution in [0.3, 0.4) is 0 Å². The lowest BCUT2D eigenvalue weighted by molar-refractivity contribution is 0.658. The highest BCUT2D eigenvalue weighted by Gasteiger charge is 2.08. The van der Waals surface area contributed by atoms with Gasteiger partial charge >= 0.3 is 0 Å². The highest BCUT2D eigenvalue weighted by molar-refractivity contribution is 5.84. The Kier molecular flexibility index (Phi) is 3.56. The average molecular weight is 268 g/mol. The maximum absolute atomic E-state index is 5.71. The van der Waals surface area contributed by atoms with Crippen LogP contribution in [-0.2, 0) is 19.5 Å². The molecule has 2 aromatic heterocycles. The minimum atomic E-state index is 0.682. The molecule has 3 rings (SSSR count). The molecule has 0 bridgehead atoms. The van der Waals surface area contributed by atoms with Gasteiger partial charge in [-0.15, -0.1) is 0 Å². The number of aromatic nitrogens is 3. The van der Waals surface area contributed by atoms with Gasteiger partial charge < -0.3 is 10.3 Å². The molecule has 4 heteroatoms. The Labute approximate surface area is 118 Å². The van der Waals surface area contributed by atoms with Crippen molar-refractivity contribution in [1.29, 1.82) is 0 Å². The first kappa shape index (κ1) is 12.9. The van der Waals surface area contributed by atoms with Crippen molar-refractivity contribution in [3.63, 3.8) is 0 Å². The van der Waals surface area contributed by atoms with Gasteiger partial charge in [0, 0.05) is 35.4 Å². The second kappa shape index (κ2) is 5.51. The van der Waals surface area contributed by atoms with E-state index in [0.29, 0.717) is 6.54 Å². The molecule has 2 heterocycles. The van der Waals surface area contributed by atoms with Gasteiger partial charge in [-0.2, -0.15) is 5.10 Å². The Hall–Kier alpha value is -2.07. The van der Waals surface area contributed by atoms with Crippen LogP contribution in [0.5, 0.6) is 0 Å². The van der Waals surface area contributed by atoms with Crippen molar-refractivity contribution in [2.24, 2.45) is 5.73 Å². The maximum atomic E-state index is 5.71. The van der Waals surface area contributed by atoms with Gasteiger partial charge in [0.25, 0.3) is 0 Å². The van der Waals surface area contributed by atoms with Gasteiger partial charge in [0.05, 0.1) is 12.7 Å². The van der Waals surface area contributed by atoms with Crippen LogP contribution in [0.25, 0.3) is 10.9 Å². The van der Waals surface area contributed by atoms with Gasteiger partial charge in [-0.1, -0.05) is 18.2 Å². The Balaban J connectivity index is 1.98. The summed E-state index contributed by atoms with van der Waals surface area (Å²) in [4.78, 5) is 0. The molecular formula is C16H20N4. The zero-order chi connectivity index (χ0) is 13.9. The summed E-state index contributed by atoms with van der Waals surface area (Å²) in [6.45, 7) is 4.54. The van der Waals surface area contributed by atoms with Crippen molar-refractivity contribution in [1.82, 2.24) is 14.3 Å². The fourth-order valence-corrected chi connectivity index (χ4v) is 2.67. The van der Waals surface area contributed by atoms with Crippen LogP contribution >= 0.6 is 0 Å². The highest BCUT2D eigenvalue weighted by Crippen LogP contribution is 2.22. The molecule has 0 spiro atoms. The fourth-order valence-electron chi connectivity index (χ4n) is 2.67. The number of benzene rings is 1. The van der Waals surface area contributed by atoms with Gasteiger partial charge in [0.2, 0.25) is 0 Å². The number of hydrogen-bond donors (Lipinski definition) is 1. The molecule has 2 N–H and O–H groups in total. The van der Waals surface area contributed by atoms with E-state index in [0.717, 1.165) is 19.5 Å². The normalized spacial score (nSPS) is 11.3. The molecule has 0 unspecified atom stereocenters. The van der Waals surface area contributed by atoms with E-state index in [-0.39, 0.29) is 0 Å². The van der Waals surface area contributed by atoms with Crippen LogP contribution < -0.4 is 5.73 Å². The van der Waals surface area contributed by atoms with E-state index in [1.807, 2.05) is 10.9 Å². The summed E-state index contributed by atoms with van der Waals surface area (Å²) < 4.78 is 4.25. The van der Waals surface area contributed by atoms with Crippen molar-refractivity contribution < 1.29 is 0 Å². The predicted octanol–water partition coefficient (Wildman–Crippen LogP) is 2.41. The van der Waals surface area contributed by atoms with Crippen LogP contribution in [0.1, 0.15) is 18.1 Å². The number of para-hydroxylation sites is 1. The lowest BCUT2D eigenvalue weighted by Gasteiger charge is -2.02. The third-order valence-corrected chi connectivity index (χ3v) is 3.65. The van der Waals surface area contributed by atoms with Crippen LogP contribution in [0.4, 0.5) is 0 Å². The zero-order valence-corrected chi connectivity index (χ0v) is 11.8. The maximum Gasteiger partial charge on any atom is 0.0539 e. The SMILES string of the molecule is CCn1cc(Cn2cc(CCN)c3ccccc32)cn1. The molecule has 104 valence electrons. The van der Waals surface area contributed by atoms with Crippen LogP contribution in [0.15, 0.2) is 42.9 Å². The summed E-state index contributed by atoms with van der Waals surface area (Å²) in [6, 6.07) is 8.51. The molecule has 3 aromatic rings. The number of nitrogens with two attached hydrogens (primary N) is 1. The first-order chi connectivity index (χ1) is 9.81. The summed E-state index contributed by atoms with van der Waals surface area (Å²) in [6.07, 6.45) is 7.20. The quantitative estimate of drug-likeness (QED) is 0.772. The number of hydrogen-bond acceptors (Lipinski definition) is 2. The van der Waals surface area contributed by atoms with Gasteiger partial charge in [-0.25, -0.2) is 0 Å². The van der Waals surface area contributed by atoms with Crippen LogP contribution in [0.2, 0.25) is 0 Å². The second-order valence-corrected chi connectivity index (χ2v) is 5.04. The number of rotatable bonds is 5. The number of nitrogens with zero attached hydrogens (tertiary/aromatic N) is 3. The standard InChI is InChI=1S/C16H20N4/c1-2-20-11-13(9-18-20)10-19-12-14(7-8-17)15-5-3-4-6-16(15)19/h3-6,9,11-12H,2,7-8,10,17H2,1H3. The molecule has 0 aliphatic carbocycles. The summed E-state index contributed by atoms with van der Waals surface area (Å²) in [5.74, 6) is 0. The summed E-state index contributed by atoms with van der Waals surface area (Å²) in [7, 11) is 0. The monoisotopic (exact) mass is 268 g/mol. The molecule has 0 saturated carbocycles. The molecule has 0 aliphatic rings. The average Bonchev–Trinajstić information content (AvgIpc) is 3.06. The first-order valence-electron chi connectivity index (χ1n) is 7.10. The molecule has 0 aliphatic heterocycles. The van der Waals surface area contributed by atoms with Crippen molar-refractivity contribution in [3.8, 4) is 0 Å². The third kappa shape index (κ3) is 2.34. The topological polar surface area (TPSA) is 48.8 Å². The molecule has 20 heavy (non-hydrogen) atoms. The van der Waals surface area contributed by atoms with Crippen LogP contribution in [-0.4, -0.2) is 20.9 Å². The van der Waals surface area contributed by atoms with Gasteiger partial charge in [0.15, 0.2) is 0 Å². The molecule has 4 nitrogen and oxygen atoms in total. The Morgan fingerprint density at radius 3 is 2.80 bits per heavy atom. The van der Waals surface area contributed by atoms with E-state index < -0.39 is 0 Å². The summed E-state index contributed by atoms with van der Waals surface area (Å²) >= 11 is 0. The third-order valence-electron chi connectivity index (χ3n) is 3.65. The Morgan fingerprint density at radius 2 is 2.05 bits per heavy atom.